The lowest BCUT2D eigenvalue weighted by Gasteiger charge is -2.06. The Morgan fingerprint density at radius 3 is 2.38 bits per heavy atom. The second kappa shape index (κ2) is 7.96. The fraction of sp³-hybridized carbons (Fsp3) is 0.188. The summed E-state index contributed by atoms with van der Waals surface area (Å²) >= 11 is 7.61. The van der Waals surface area contributed by atoms with Gasteiger partial charge in [0.25, 0.3) is 0 Å². The Morgan fingerprint density at radius 2 is 1.76 bits per heavy atom. The largest absolute Gasteiger partial charge is 0.493 e. The first-order valence-electron chi connectivity index (χ1n) is 6.43. The van der Waals surface area contributed by atoms with Crippen LogP contribution in [0.15, 0.2) is 48.5 Å². The van der Waals surface area contributed by atoms with Gasteiger partial charge >= 0.3 is 5.97 Å². The van der Waals surface area contributed by atoms with Crippen molar-refractivity contribution in [2.45, 2.75) is 5.75 Å². The molecule has 0 saturated heterocycles. The molecule has 0 atom stereocenters. The molecule has 0 heterocycles. The van der Waals surface area contributed by atoms with Gasteiger partial charge in [0.05, 0.1) is 12.2 Å². The molecule has 1 N–H and O–H groups in total. The molecule has 2 aromatic rings. The maximum Gasteiger partial charge on any atom is 0.335 e. The molecule has 2 aromatic carbocycles. The SMILES string of the molecule is O=C(O)c1ccc(OCCSCc2ccc(Cl)cc2)cc1. The quantitative estimate of drug-likeness (QED) is 0.770. The number of carboxylic acid groups (broad SMARTS) is 1. The van der Waals surface area contributed by atoms with Crippen LogP contribution in [0.5, 0.6) is 5.75 Å². The Hall–Kier alpha value is -1.65. The lowest BCUT2D eigenvalue weighted by Crippen LogP contribution is -2.01. The molecular formula is C16H15ClO3S. The highest BCUT2D eigenvalue weighted by atomic mass is 35.5. The number of rotatable bonds is 7. The standard InChI is InChI=1S/C16H15ClO3S/c17-14-5-1-12(2-6-14)11-21-10-9-20-15-7-3-13(4-8-15)16(18)19/h1-8H,9-11H2,(H,18,19). The van der Waals surface area contributed by atoms with E-state index in [-0.39, 0.29) is 5.56 Å². The fourth-order valence-corrected chi connectivity index (χ4v) is 2.58. The van der Waals surface area contributed by atoms with E-state index in [1.54, 1.807) is 36.0 Å². The number of hydrogen-bond donors (Lipinski definition) is 1. The van der Waals surface area contributed by atoms with Crippen molar-refractivity contribution < 1.29 is 14.6 Å². The third kappa shape index (κ3) is 5.33. The van der Waals surface area contributed by atoms with Crippen LogP contribution in [-0.2, 0) is 5.75 Å². The van der Waals surface area contributed by atoms with Crippen molar-refractivity contribution in [3.63, 3.8) is 0 Å². The first-order valence-corrected chi connectivity index (χ1v) is 7.97. The minimum absolute atomic E-state index is 0.263. The summed E-state index contributed by atoms with van der Waals surface area (Å²) in [6.45, 7) is 0.588. The maximum atomic E-state index is 10.7. The van der Waals surface area contributed by atoms with E-state index in [1.807, 2.05) is 24.3 Å². The molecule has 0 aromatic heterocycles. The fourth-order valence-electron chi connectivity index (χ4n) is 1.68. The molecule has 110 valence electrons. The van der Waals surface area contributed by atoms with Gasteiger partial charge in [0.1, 0.15) is 5.75 Å². The molecule has 0 bridgehead atoms. The molecule has 0 aliphatic heterocycles. The molecule has 0 radical (unpaired) electrons. The number of aromatic carboxylic acids is 1. The molecule has 0 aliphatic rings. The van der Waals surface area contributed by atoms with Gasteiger partial charge in [-0.25, -0.2) is 4.79 Å². The van der Waals surface area contributed by atoms with E-state index in [4.69, 9.17) is 21.4 Å². The number of halogens is 1. The van der Waals surface area contributed by atoms with E-state index >= 15 is 0 Å². The van der Waals surface area contributed by atoms with E-state index in [2.05, 4.69) is 0 Å². The lowest BCUT2D eigenvalue weighted by atomic mass is 10.2. The summed E-state index contributed by atoms with van der Waals surface area (Å²) in [6.07, 6.45) is 0. The molecule has 0 fully saturated rings. The minimum Gasteiger partial charge on any atom is -0.493 e. The van der Waals surface area contributed by atoms with Crippen molar-refractivity contribution in [2.75, 3.05) is 12.4 Å². The molecule has 3 nitrogen and oxygen atoms in total. The predicted molar refractivity (Wildman–Crippen MR) is 86.5 cm³/mol. The van der Waals surface area contributed by atoms with E-state index in [0.717, 1.165) is 16.5 Å². The monoisotopic (exact) mass is 322 g/mol. The summed E-state index contributed by atoms with van der Waals surface area (Å²) in [4.78, 5) is 10.7. The van der Waals surface area contributed by atoms with Crippen molar-refractivity contribution >= 4 is 29.3 Å². The molecule has 0 spiro atoms. The van der Waals surface area contributed by atoms with Crippen LogP contribution in [0.2, 0.25) is 5.02 Å². The van der Waals surface area contributed by atoms with Crippen LogP contribution >= 0.6 is 23.4 Å². The smallest absolute Gasteiger partial charge is 0.335 e. The Bertz CT molecular complexity index is 581. The highest BCUT2D eigenvalue weighted by Crippen LogP contribution is 2.16. The van der Waals surface area contributed by atoms with E-state index in [0.29, 0.717) is 12.4 Å². The van der Waals surface area contributed by atoms with Gasteiger partial charge in [-0.05, 0) is 42.0 Å². The summed E-state index contributed by atoms with van der Waals surface area (Å²) in [6, 6.07) is 14.2. The molecule has 2 rings (SSSR count). The third-order valence-corrected chi connectivity index (χ3v) is 4.02. The summed E-state index contributed by atoms with van der Waals surface area (Å²) in [5.74, 6) is 1.54. The second-order valence-corrected chi connectivity index (χ2v) is 5.90. The van der Waals surface area contributed by atoms with Gasteiger partial charge in [0, 0.05) is 16.5 Å². The van der Waals surface area contributed by atoms with Crippen molar-refractivity contribution in [2.24, 2.45) is 0 Å². The topological polar surface area (TPSA) is 46.5 Å². The maximum absolute atomic E-state index is 10.7. The zero-order valence-corrected chi connectivity index (χ0v) is 12.9. The lowest BCUT2D eigenvalue weighted by molar-refractivity contribution is 0.0697. The van der Waals surface area contributed by atoms with E-state index in [1.165, 1.54) is 5.56 Å². The van der Waals surface area contributed by atoms with Crippen molar-refractivity contribution in [1.29, 1.82) is 0 Å². The predicted octanol–water partition coefficient (Wildman–Crippen LogP) is 4.35. The molecule has 21 heavy (non-hydrogen) atoms. The van der Waals surface area contributed by atoms with E-state index < -0.39 is 5.97 Å². The zero-order valence-electron chi connectivity index (χ0n) is 11.3. The van der Waals surface area contributed by atoms with E-state index in [9.17, 15) is 4.79 Å². The third-order valence-electron chi connectivity index (χ3n) is 2.78. The van der Waals surface area contributed by atoms with Crippen LogP contribution in [-0.4, -0.2) is 23.4 Å². The van der Waals surface area contributed by atoms with Gasteiger partial charge in [-0.2, -0.15) is 11.8 Å². The zero-order chi connectivity index (χ0) is 15.1. The number of ether oxygens (including phenoxy) is 1. The first kappa shape index (κ1) is 15.7. The Kier molecular flexibility index (Phi) is 5.96. The molecule has 0 aliphatic carbocycles. The van der Waals surface area contributed by atoms with Gasteiger partial charge in [-0.3, -0.25) is 0 Å². The average molecular weight is 323 g/mol. The second-order valence-electron chi connectivity index (χ2n) is 4.36. The van der Waals surface area contributed by atoms with Crippen LogP contribution in [0.4, 0.5) is 0 Å². The van der Waals surface area contributed by atoms with Gasteiger partial charge in [0.15, 0.2) is 0 Å². The Labute approximate surface area is 132 Å². The summed E-state index contributed by atoms with van der Waals surface area (Å²) in [5.41, 5.74) is 1.50. The van der Waals surface area contributed by atoms with Gasteiger partial charge < -0.3 is 9.84 Å². The summed E-state index contributed by atoms with van der Waals surface area (Å²) in [7, 11) is 0. The van der Waals surface area contributed by atoms with Gasteiger partial charge in [0.2, 0.25) is 0 Å². The van der Waals surface area contributed by atoms with Crippen LogP contribution in [0, 0.1) is 0 Å². The number of hydrogen-bond acceptors (Lipinski definition) is 3. The molecule has 0 unspecified atom stereocenters. The first-order chi connectivity index (χ1) is 10.1. The highest BCUT2D eigenvalue weighted by molar-refractivity contribution is 7.98. The van der Waals surface area contributed by atoms with Crippen LogP contribution in [0.25, 0.3) is 0 Å². The highest BCUT2D eigenvalue weighted by Gasteiger charge is 2.02. The van der Waals surface area contributed by atoms with Crippen LogP contribution in [0.3, 0.4) is 0 Å². The Balaban J connectivity index is 1.67. The van der Waals surface area contributed by atoms with Gasteiger partial charge in [-0.15, -0.1) is 0 Å². The molecule has 0 saturated carbocycles. The average Bonchev–Trinajstić information content (AvgIpc) is 2.49. The van der Waals surface area contributed by atoms with Crippen molar-refractivity contribution in [3.05, 3.63) is 64.7 Å². The number of benzene rings is 2. The molecule has 0 amide bonds. The van der Waals surface area contributed by atoms with Crippen molar-refractivity contribution in [1.82, 2.24) is 0 Å². The van der Waals surface area contributed by atoms with Crippen LogP contribution < -0.4 is 4.74 Å². The van der Waals surface area contributed by atoms with Crippen LogP contribution in [0.1, 0.15) is 15.9 Å². The van der Waals surface area contributed by atoms with Gasteiger partial charge in [-0.1, -0.05) is 23.7 Å². The minimum atomic E-state index is -0.930. The summed E-state index contributed by atoms with van der Waals surface area (Å²) in [5, 5.41) is 9.54. The molecular weight excluding hydrogens is 308 g/mol. The Morgan fingerprint density at radius 1 is 1.10 bits per heavy atom. The van der Waals surface area contributed by atoms with Crippen molar-refractivity contribution in [3.8, 4) is 5.75 Å². The number of thioether (sulfide) groups is 1. The molecule has 5 heteroatoms. The summed E-state index contributed by atoms with van der Waals surface area (Å²) < 4.78 is 5.56. The number of carbonyl (C=O) groups is 1. The normalized spacial score (nSPS) is 10.3. The number of carboxylic acids is 1.